The minimum Gasteiger partial charge on any atom is -0.351 e. The lowest BCUT2D eigenvalue weighted by Crippen LogP contribution is -2.44. The van der Waals surface area contributed by atoms with Gasteiger partial charge in [0.25, 0.3) is 5.56 Å². The van der Waals surface area contributed by atoms with E-state index in [9.17, 15) is 9.59 Å². The van der Waals surface area contributed by atoms with Crippen LogP contribution in [0.25, 0.3) is 11.2 Å². The fourth-order valence-electron chi connectivity index (χ4n) is 4.75. The summed E-state index contributed by atoms with van der Waals surface area (Å²) in [4.78, 5) is 37.9. The molecule has 0 spiro atoms. The number of carbonyl (C=O) groups excluding carboxylic acids is 1. The van der Waals surface area contributed by atoms with Gasteiger partial charge in [0.15, 0.2) is 11.5 Å². The van der Waals surface area contributed by atoms with Gasteiger partial charge in [-0.3, -0.25) is 14.2 Å². The molecule has 4 aromatic rings. The molecule has 7 nitrogen and oxygen atoms in total. The van der Waals surface area contributed by atoms with Gasteiger partial charge in [0.2, 0.25) is 5.91 Å². The third-order valence-corrected chi connectivity index (χ3v) is 6.60. The number of aromatic nitrogens is 3. The van der Waals surface area contributed by atoms with E-state index in [0.717, 1.165) is 35.2 Å². The number of rotatable bonds is 5. The Morgan fingerprint density at radius 2 is 1.91 bits per heavy atom. The van der Waals surface area contributed by atoms with E-state index in [1.54, 1.807) is 10.8 Å². The zero-order valence-corrected chi connectivity index (χ0v) is 20.1. The van der Waals surface area contributed by atoms with Gasteiger partial charge in [-0.2, -0.15) is 0 Å². The topological polar surface area (TPSA) is 80.1 Å². The van der Waals surface area contributed by atoms with Crippen molar-refractivity contribution in [3.05, 3.63) is 93.9 Å². The van der Waals surface area contributed by atoms with Gasteiger partial charge in [-0.15, -0.1) is 0 Å². The van der Waals surface area contributed by atoms with Gasteiger partial charge in [0.1, 0.15) is 5.52 Å². The van der Waals surface area contributed by atoms with Gasteiger partial charge in [-0.1, -0.05) is 48.0 Å². The summed E-state index contributed by atoms with van der Waals surface area (Å²) < 4.78 is 1.69. The van der Waals surface area contributed by atoms with E-state index in [1.165, 1.54) is 0 Å². The maximum Gasteiger partial charge on any atom is 0.295 e. The number of nitrogens with one attached hydrogen (secondary N) is 1. The van der Waals surface area contributed by atoms with Crippen LogP contribution in [0, 0.1) is 19.8 Å². The van der Waals surface area contributed by atoms with Gasteiger partial charge in [0.05, 0.1) is 12.5 Å². The second-order valence-corrected chi connectivity index (χ2v) is 9.25. The molecule has 1 N–H and O–H groups in total. The van der Waals surface area contributed by atoms with Crippen molar-refractivity contribution >= 4 is 28.6 Å². The zero-order chi connectivity index (χ0) is 24.4. The third kappa shape index (κ3) is 4.80. The van der Waals surface area contributed by atoms with Crippen LogP contribution in [0.2, 0.25) is 0 Å². The number of carbonyl (C=O) groups is 1. The van der Waals surface area contributed by atoms with Crippen LogP contribution >= 0.6 is 0 Å². The largest absolute Gasteiger partial charge is 0.351 e. The van der Waals surface area contributed by atoms with Crippen molar-refractivity contribution in [3.63, 3.8) is 0 Å². The van der Waals surface area contributed by atoms with Crippen LogP contribution in [0.15, 0.2) is 71.7 Å². The molecule has 0 radical (unpaired) electrons. The van der Waals surface area contributed by atoms with Crippen molar-refractivity contribution < 1.29 is 4.79 Å². The molecule has 0 saturated carbocycles. The molecule has 5 rings (SSSR count). The average molecular weight is 468 g/mol. The van der Waals surface area contributed by atoms with Crippen molar-refractivity contribution in [2.45, 2.75) is 33.2 Å². The standard InChI is InChI=1S/C28H29N5O2/c1-19-12-13-23(20(2)16-19)31-27(34)22-10-7-15-32(18-22)26-28(35)33(17-21-8-4-3-5-9-21)25-24(30-26)11-6-14-29-25/h3-6,8-9,11-14,16,22H,7,10,15,17-18H2,1-2H3,(H,31,34)/t22-/m1/s1. The molecule has 1 amide bonds. The molecule has 0 aliphatic carbocycles. The van der Waals surface area contributed by atoms with E-state index in [0.29, 0.717) is 36.6 Å². The summed E-state index contributed by atoms with van der Waals surface area (Å²) in [5.41, 5.74) is 5.09. The number of amides is 1. The molecule has 2 aromatic carbocycles. The Morgan fingerprint density at radius 3 is 2.71 bits per heavy atom. The number of anilines is 2. The number of pyridine rings is 1. The maximum absolute atomic E-state index is 13.6. The van der Waals surface area contributed by atoms with Crippen molar-refractivity contribution in [1.29, 1.82) is 0 Å². The molecular weight excluding hydrogens is 438 g/mol. The van der Waals surface area contributed by atoms with E-state index in [1.807, 2.05) is 73.3 Å². The van der Waals surface area contributed by atoms with Crippen LogP contribution in [-0.2, 0) is 11.3 Å². The highest BCUT2D eigenvalue weighted by Crippen LogP contribution is 2.24. The number of piperidine rings is 1. The van der Waals surface area contributed by atoms with Crippen molar-refractivity contribution in [2.75, 3.05) is 23.3 Å². The number of hydrogen-bond donors (Lipinski definition) is 1. The second kappa shape index (κ2) is 9.70. The molecule has 35 heavy (non-hydrogen) atoms. The van der Waals surface area contributed by atoms with Crippen molar-refractivity contribution in [3.8, 4) is 0 Å². The highest BCUT2D eigenvalue weighted by atomic mass is 16.2. The summed E-state index contributed by atoms with van der Waals surface area (Å²) in [6.07, 6.45) is 3.27. The molecule has 7 heteroatoms. The van der Waals surface area contributed by atoms with Crippen molar-refractivity contribution in [2.24, 2.45) is 5.92 Å². The number of nitrogens with zero attached hydrogens (tertiary/aromatic N) is 4. The Labute approximate surface area is 204 Å². The molecular formula is C28H29N5O2. The minimum absolute atomic E-state index is 0.0197. The Kier molecular flexibility index (Phi) is 6.31. The SMILES string of the molecule is Cc1ccc(NC(=O)[C@@H]2CCCN(c3nc4cccnc4n(Cc4ccccc4)c3=O)C2)c(C)c1. The summed E-state index contributed by atoms with van der Waals surface area (Å²) in [6.45, 7) is 5.59. The smallest absolute Gasteiger partial charge is 0.295 e. The van der Waals surface area contributed by atoms with Gasteiger partial charge < -0.3 is 10.2 Å². The Bertz CT molecular complexity index is 1430. The summed E-state index contributed by atoms with van der Waals surface area (Å²) >= 11 is 0. The van der Waals surface area contributed by atoms with Crippen LogP contribution in [0.3, 0.4) is 0 Å². The summed E-state index contributed by atoms with van der Waals surface area (Å²) in [5, 5.41) is 3.09. The lowest BCUT2D eigenvalue weighted by atomic mass is 9.96. The van der Waals surface area contributed by atoms with E-state index in [-0.39, 0.29) is 17.4 Å². The molecule has 178 valence electrons. The van der Waals surface area contributed by atoms with Crippen LogP contribution in [-0.4, -0.2) is 33.5 Å². The fraction of sp³-hybridized carbons (Fsp3) is 0.286. The summed E-state index contributed by atoms with van der Waals surface area (Å²) in [7, 11) is 0. The molecule has 1 saturated heterocycles. The van der Waals surface area contributed by atoms with Gasteiger partial charge in [0, 0.05) is 25.0 Å². The highest BCUT2D eigenvalue weighted by molar-refractivity contribution is 5.93. The van der Waals surface area contributed by atoms with Crippen molar-refractivity contribution in [1.82, 2.24) is 14.5 Å². The van der Waals surface area contributed by atoms with Gasteiger partial charge in [-0.05, 0) is 56.0 Å². The van der Waals surface area contributed by atoms with Crippen LogP contribution in [0.1, 0.15) is 29.5 Å². The molecule has 1 fully saturated rings. The molecule has 2 aromatic heterocycles. The average Bonchev–Trinajstić information content (AvgIpc) is 2.88. The molecule has 0 bridgehead atoms. The van der Waals surface area contributed by atoms with E-state index < -0.39 is 0 Å². The predicted octanol–water partition coefficient (Wildman–Crippen LogP) is 4.31. The molecule has 1 atom stereocenters. The second-order valence-electron chi connectivity index (χ2n) is 9.25. The first kappa shape index (κ1) is 22.8. The first-order valence-corrected chi connectivity index (χ1v) is 12.0. The monoisotopic (exact) mass is 467 g/mol. The molecule has 1 aliphatic rings. The first-order chi connectivity index (χ1) is 17.0. The zero-order valence-electron chi connectivity index (χ0n) is 20.1. The van der Waals surface area contributed by atoms with Crippen LogP contribution < -0.4 is 15.8 Å². The molecule has 0 unspecified atom stereocenters. The van der Waals surface area contributed by atoms with Gasteiger partial charge >= 0.3 is 0 Å². The van der Waals surface area contributed by atoms with Crippen LogP contribution in [0.5, 0.6) is 0 Å². The molecule has 1 aliphatic heterocycles. The third-order valence-electron chi connectivity index (χ3n) is 6.60. The van der Waals surface area contributed by atoms with E-state index in [2.05, 4.69) is 16.4 Å². The normalized spacial score (nSPS) is 15.8. The number of fused-ring (bicyclic) bond motifs is 1. The van der Waals surface area contributed by atoms with Gasteiger partial charge in [-0.25, -0.2) is 9.97 Å². The highest BCUT2D eigenvalue weighted by Gasteiger charge is 2.29. The lowest BCUT2D eigenvalue weighted by Gasteiger charge is -2.32. The lowest BCUT2D eigenvalue weighted by molar-refractivity contribution is -0.120. The Morgan fingerprint density at radius 1 is 1.09 bits per heavy atom. The Hall–Kier alpha value is -4.00. The number of aryl methyl sites for hydroxylation is 2. The maximum atomic E-state index is 13.6. The predicted molar refractivity (Wildman–Crippen MR) is 139 cm³/mol. The Balaban J connectivity index is 1.44. The summed E-state index contributed by atoms with van der Waals surface area (Å²) in [6, 6.07) is 19.6. The van der Waals surface area contributed by atoms with E-state index in [4.69, 9.17) is 4.98 Å². The number of hydrogen-bond acceptors (Lipinski definition) is 5. The summed E-state index contributed by atoms with van der Waals surface area (Å²) in [5.74, 6) is 0.136. The number of benzene rings is 2. The molecule has 3 heterocycles. The minimum atomic E-state index is -0.224. The van der Waals surface area contributed by atoms with E-state index >= 15 is 0 Å². The quantitative estimate of drug-likeness (QED) is 0.473. The van der Waals surface area contributed by atoms with Crippen LogP contribution in [0.4, 0.5) is 11.5 Å². The first-order valence-electron chi connectivity index (χ1n) is 12.0. The fourth-order valence-corrected chi connectivity index (χ4v) is 4.75.